The van der Waals surface area contributed by atoms with Crippen LogP contribution in [0.25, 0.3) is 44.5 Å². The van der Waals surface area contributed by atoms with Gasteiger partial charge in [0.1, 0.15) is 28.6 Å². The molecular formula is C24H19F3N4O3. The summed E-state index contributed by atoms with van der Waals surface area (Å²) in [6.45, 7) is 3.67. The van der Waals surface area contributed by atoms with Crippen molar-refractivity contribution in [1.82, 2.24) is 19.7 Å². The predicted molar refractivity (Wildman–Crippen MR) is 120 cm³/mol. The molecular weight excluding hydrogens is 449 g/mol. The summed E-state index contributed by atoms with van der Waals surface area (Å²) >= 11 is 0. The van der Waals surface area contributed by atoms with E-state index in [0.717, 1.165) is 22.2 Å². The number of methoxy groups -OCH3 is 1. The number of alkyl halides is 3. The molecule has 3 aromatic heterocycles. The van der Waals surface area contributed by atoms with Crippen molar-refractivity contribution in [3.63, 3.8) is 0 Å². The van der Waals surface area contributed by atoms with Crippen LogP contribution in [0.15, 0.2) is 47.1 Å². The molecule has 5 aromatic rings. The fraction of sp³-hybridized carbons (Fsp3) is 0.208. The van der Waals surface area contributed by atoms with Crippen LogP contribution in [-0.4, -0.2) is 33.2 Å². The largest absolute Gasteiger partial charge is 0.573 e. The molecule has 0 amide bonds. The fourth-order valence-electron chi connectivity index (χ4n) is 4.26. The maximum absolute atomic E-state index is 13.0. The highest BCUT2D eigenvalue weighted by Gasteiger charge is 2.33. The first-order chi connectivity index (χ1) is 16.2. The summed E-state index contributed by atoms with van der Waals surface area (Å²) in [7, 11) is 3.30. The SMILES string of the molecule is COc1cc2c(cc1-c1c(C)noc1C)ncc1nc(-c3ccccc3OC(F)(F)F)n(C)c12. The maximum atomic E-state index is 13.0. The van der Waals surface area contributed by atoms with Crippen LogP contribution in [0.5, 0.6) is 11.5 Å². The maximum Gasteiger partial charge on any atom is 0.573 e. The van der Waals surface area contributed by atoms with Gasteiger partial charge in [-0.3, -0.25) is 4.98 Å². The molecule has 0 radical (unpaired) electrons. The van der Waals surface area contributed by atoms with Gasteiger partial charge in [0.25, 0.3) is 0 Å². The Morgan fingerprint density at radius 3 is 2.44 bits per heavy atom. The first-order valence-electron chi connectivity index (χ1n) is 10.3. The summed E-state index contributed by atoms with van der Waals surface area (Å²) in [5.74, 6) is 1.22. The van der Waals surface area contributed by atoms with Crippen LogP contribution in [0, 0.1) is 13.8 Å². The Morgan fingerprint density at radius 2 is 1.76 bits per heavy atom. The number of pyridine rings is 1. The third-order valence-corrected chi connectivity index (χ3v) is 5.68. The van der Waals surface area contributed by atoms with E-state index < -0.39 is 6.36 Å². The Morgan fingerprint density at radius 1 is 1.00 bits per heavy atom. The number of ether oxygens (including phenoxy) is 2. The highest BCUT2D eigenvalue weighted by molar-refractivity contribution is 6.06. The summed E-state index contributed by atoms with van der Waals surface area (Å²) in [4.78, 5) is 9.12. The van der Waals surface area contributed by atoms with Crippen molar-refractivity contribution >= 4 is 21.9 Å². The molecule has 0 N–H and O–H groups in total. The zero-order valence-electron chi connectivity index (χ0n) is 18.7. The molecule has 0 atom stereocenters. The van der Waals surface area contributed by atoms with Crippen LogP contribution in [0.3, 0.4) is 0 Å². The van der Waals surface area contributed by atoms with Gasteiger partial charge in [-0.05, 0) is 38.1 Å². The molecule has 0 saturated carbocycles. The van der Waals surface area contributed by atoms with Crippen LogP contribution in [0.4, 0.5) is 13.2 Å². The molecule has 34 heavy (non-hydrogen) atoms. The van der Waals surface area contributed by atoms with Crippen LogP contribution in [-0.2, 0) is 7.05 Å². The van der Waals surface area contributed by atoms with Crippen LogP contribution in [0.1, 0.15) is 11.5 Å². The van der Waals surface area contributed by atoms with Crippen molar-refractivity contribution in [3.05, 3.63) is 54.0 Å². The van der Waals surface area contributed by atoms with Crippen molar-refractivity contribution in [2.24, 2.45) is 7.05 Å². The lowest BCUT2D eigenvalue weighted by atomic mass is 10.0. The molecule has 0 fully saturated rings. The number of halogens is 3. The van der Waals surface area contributed by atoms with Gasteiger partial charge in [-0.15, -0.1) is 13.2 Å². The van der Waals surface area contributed by atoms with E-state index in [4.69, 9.17) is 9.26 Å². The van der Waals surface area contributed by atoms with Gasteiger partial charge >= 0.3 is 6.36 Å². The lowest BCUT2D eigenvalue weighted by molar-refractivity contribution is -0.274. The lowest BCUT2D eigenvalue weighted by Gasteiger charge is -2.13. The molecule has 5 rings (SSSR count). The number of imidazole rings is 1. The van der Waals surface area contributed by atoms with Gasteiger partial charge in [0, 0.05) is 18.0 Å². The smallest absolute Gasteiger partial charge is 0.496 e. The number of benzene rings is 2. The third-order valence-electron chi connectivity index (χ3n) is 5.68. The first-order valence-corrected chi connectivity index (χ1v) is 10.3. The lowest BCUT2D eigenvalue weighted by Crippen LogP contribution is -2.17. The van der Waals surface area contributed by atoms with E-state index >= 15 is 0 Å². The molecule has 7 nitrogen and oxygen atoms in total. The minimum absolute atomic E-state index is 0.214. The Balaban J connectivity index is 1.75. The second kappa shape index (κ2) is 7.75. The van der Waals surface area contributed by atoms with E-state index in [9.17, 15) is 13.2 Å². The number of para-hydroxylation sites is 1. The van der Waals surface area contributed by atoms with E-state index in [2.05, 4.69) is 19.9 Å². The number of aryl methyl sites for hydroxylation is 3. The first kappa shape index (κ1) is 21.7. The van der Waals surface area contributed by atoms with Gasteiger partial charge in [0.2, 0.25) is 0 Å². The number of nitrogens with zero attached hydrogens (tertiary/aromatic N) is 4. The van der Waals surface area contributed by atoms with Crippen molar-refractivity contribution in [1.29, 1.82) is 0 Å². The van der Waals surface area contributed by atoms with Crippen LogP contribution < -0.4 is 9.47 Å². The zero-order chi connectivity index (χ0) is 24.2. The topological polar surface area (TPSA) is 75.2 Å². The molecule has 0 aliphatic heterocycles. The van der Waals surface area contributed by atoms with Crippen molar-refractivity contribution < 1.29 is 27.2 Å². The van der Waals surface area contributed by atoms with E-state index in [1.165, 1.54) is 18.2 Å². The average molecular weight is 468 g/mol. The fourth-order valence-corrected chi connectivity index (χ4v) is 4.26. The van der Waals surface area contributed by atoms with Gasteiger partial charge < -0.3 is 18.6 Å². The van der Waals surface area contributed by atoms with Crippen molar-refractivity contribution in [3.8, 4) is 34.0 Å². The molecule has 0 bridgehead atoms. The van der Waals surface area contributed by atoms with Gasteiger partial charge in [0.15, 0.2) is 0 Å². The number of hydrogen-bond donors (Lipinski definition) is 0. The molecule has 0 unspecified atom stereocenters. The Bertz CT molecular complexity index is 1530. The average Bonchev–Trinajstić information content (AvgIpc) is 3.30. The Kier molecular flexibility index (Phi) is 4.96. The molecule has 174 valence electrons. The minimum Gasteiger partial charge on any atom is -0.496 e. The molecule has 10 heteroatoms. The van der Waals surface area contributed by atoms with E-state index in [-0.39, 0.29) is 11.3 Å². The highest BCUT2D eigenvalue weighted by Crippen LogP contribution is 2.40. The van der Waals surface area contributed by atoms with Gasteiger partial charge in [0.05, 0.1) is 41.2 Å². The quantitative estimate of drug-likeness (QED) is 0.324. The second-order valence-corrected chi connectivity index (χ2v) is 7.80. The van der Waals surface area contributed by atoms with E-state index in [1.807, 2.05) is 26.0 Å². The number of aromatic nitrogens is 4. The van der Waals surface area contributed by atoms with E-state index in [0.29, 0.717) is 33.9 Å². The van der Waals surface area contributed by atoms with Gasteiger partial charge in [-0.1, -0.05) is 17.3 Å². The molecule has 0 aliphatic rings. The zero-order valence-corrected chi connectivity index (χ0v) is 18.7. The number of fused-ring (bicyclic) bond motifs is 3. The molecule has 0 saturated heterocycles. The Labute approximate surface area is 191 Å². The van der Waals surface area contributed by atoms with Crippen molar-refractivity contribution in [2.75, 3.05) is 7.11 Å². The predicted octanol–water partition coefficient (Wildman–Crippen LogP) is 5.97. The van der Waals surface area contributed by atoms with Crippen molar-refractivity contribution in [2.45, 2.75) is 20.2 Å². The summed E-state index contributed by atoms with van der Waals surface area (Å²) in [6, 6.07) is 9.63. The monoisotopic (exact) mass is 468 g/mol. The van der Waals surface area contributed by atoms with E-state index in [1.54, 1.807) is 31.0 Å². The number of rotatable bonds is 4. The molecule has 0 aliphatic carbocycles. The molecule has 3 heterocycles. The standard InChI is InChI=1S/C24H19F3N4O3/c1-12-21(13(2)34-30-12)16-9-17-15(10-20(16)32-4)22-18(11-28-17)29-23(31(22)3)14-7-5-6-8-19(14)33-24(25,26)27/h5-11H,1-4H3. The van der Waals surface area contributed by atoms with Gasteiger partial charge in [-0.25, -0.2) is 4.98 Å². The summed E-state index contributed by atoms with van der Waals surface area (Å²) in [5, 5.41) is 4.76. The summed E-state index contributed by atoms with van der Waals surface area (Å²) < 4.78 is 55.8. The third kappa shape index (κ3) is 3.51. The highest BCUT2D eigenvalue weighted by atomic mass is 19.4. The summed E-state index contributed by atoms with van der Waals surface area (Å²) in [6.07, 6.45) is -3.23. The normalized spacial score (nSPS) is 12.0. The number of hydrogen-bond acceptors (Lipinski definition) is 6. The summed E-state index contributed by atoms with van der Waals surface area (Å²) in [5.41, 5.74) is 4.43. The Hall–Kier alpha value is -4.08. The molecule has 0 spiro atoms. The van der Waals surface area contributed by atoms with Gasteiger partial charge in [-0.2, -0.15) is 0 Å². The minimum atomic E-state index is -4.82. The van der Waals surface area contributed by atoms with Crippen LogP contribution in [0.2, 0.25) is 0 Å². The van der Waals surface area contributed by atoms with Crippen LogP contribution >= 0.6 is 0 Å². The second-order valence-electron chi connectivity index (χ2n) is 7.80. The molecule has 2 aromatic carbocycles.